The third-order valence-corrected chi connectivity index (χ3v) is 7.35. The van der Waals surface area contributed by atoms with Gasteiger partial charge in [-0.2, -0.15) is 0 Å². The largest absolute Gasteiger partial charge is 0.493 e. The third kappa shape index (κ3) is 7.60. The van der Waals surface area contributed by atoms with Crippen molar-refractivity contribution in [2.75, 3.05) is 61.2 Å². The molecule has 0 atom stereocenters. The van der Waals surface area contributed by atoms with Crippen LogP contribution in [0.25, 0.3) is 17.2 Å². The molecule has 2 amide bonds. The average Bonchev–Trinajstić information content (AvgIpc) is 3.06. The van der Waals surface area contributed by atoms with Gasteiger partial charge in [0.25, 0.3) is 5.91 Å². The quantitative estimate of drug-likeness (QED) is 0.202. The first-order valence-electron chi connectivity index (χ1n) is 14.4. The number of carbonyl (C=O) groups excluding carboxylic acids is 2. The third-order valence-electron chi connectivity index (χ3n) is 7.35. The Balaban J connectivity index is 1.37. The van der Waals surface area contributed by atoms with E-state index in [1.807, 2.05) is 48.5 Å². The van der Waals surface area contributed by atoms with Gasteiger partial charge >= 0.3 is 0 Å². The van der Waals surface area contributed by atoms with Gasteiger partial charge in [-0.05, 0) is 59.5 Å². The van der Waals surface area contributed by atoms with Crippen molar-refractivity contribution in [1.29, 1.82) is 0 Å². The van der Waals surface area contributed by atoms with E-state index in [9.17, 15) is 9.59 Å². The van der Waals surface area contributed by atoms with E-state index in [1.165, 1.54) is 21.3 Å². The number of amides is 2. The van der Waals surface area contributed by atoms with Crippen LogP contribution >= 0.6 is 0 Å². The van der Waals surface area contributed by atoms with E-state index in [-0.39, 0.29) is 11.8 Å². The molecule has 3 aromatic rings. The van der Waals surface area contributed by atoms with Crippen LogP contribution in [0.3, 0.4) is 0 Å². The Morgan fingerprint density at radius 2 is 1.40 bits per heavy atom. The number of rotatable bonds is 12. The van der Waals surface area contributed by atoms with Crippen molar-refractivity contribution < 1.29 is 33.3 Å². The van der Waals surface area contributed by atoms with E-state index in [2.05, 4.69) is 6.92 Å². The van der Waals surface area contributed by atoms with Crippen molar-refractivity contribution in [2.24, 2.45) is 0 Å². The predicted molar refractivity (Wildman–Crippen MR) is 166 cm³/mol. The van der Waals surface area contributed by atoms with Crippen LogP contribution in [0.2, 0.25) is 0 Å². The lowest BCUT2D eigenvalue weighted by atomic mass is 10.0. The second kappa shape index (κ2) is 15.0. The molecule has 9 nitrogen and oxygen atoms in total. The Morgan fingerprint density at radius 1 is 0.744 bits per heavy atom. The van der Waals surface area contributed by atoms with Crippen LogP contribution in [0.1, 0.15) is 35.7 Å². The molecule has 3 aromatic carbocycles. The van der Waals surface area contributed by atoms with Crippen LogP contribution in [-0.2, 0) is 4.79 Å². The van der Waals surface area contributed by atoms with Gasteiger partial charge in [0.05, 0.1) is 35.0 Å². The number of carbonyl (C=O) groups is 2. The first-order chi connectivity index (χ1) is 20.9. The molecule has 1 heterocycles. The molecule has 0 N–H and O–H groups in total. The zero-order valence-corrected chi connectivity index (χ0v) is 25.6. The average molecular weight is 589 g/mol. The van der Waals surface area contributed by atoms with E-state index in [0.717, 1.165) is 35.3 Å². The molecule has 1 aliphatic heterocycles. The lowest BCUT2D eigenvalue weighted by Crippen LogP contribution is -2.50. The summed E-state index contributed by atoms with van der Waals surface area (Å²) in [5, 5.41) is 0. The maximum atomic E-state index is 13.2. The molecule has 228 valence electrons. The van der Waals surface area contributed by atoms with Gasteiger partial charge in [-0.15, -0.1) is 0 Å². The number of hydrogen-bond acceptors (Lipinski definition) is 7. The maximum Gasteiger partial charge on any atom is 0.254 e. The molecule has 43 heavy (non-hydrogen) atoms. The Morgan fingerprint density at radius 3 is 2.02 bits per heavy atom. The van der Waals surface area contributed by atoms with E-state index in [4.69, 9.17) is 23.7 Å². The normalized spacial score (nSPS) is 13.1. The number of hydrogen-bond donors (Lipinski definition) is 0. The summed E-state index contributed by atoms with van der Waals surface area (Å²) in [4.78, 5) is 29.7. The van der Waals surface area contributed by atoms with Gasteiger partial charge in [-0.1, -0.05) is 37.6 Å². The molecular formula is C34H40N2O7. The highest BCUT2D eigenvalue weighted by Gasteiger charge is 2.26. The molecule has 0 saturated carbocycles. The lowest BCUT2D eigenvalue weighted by Gasteiger charge is -2.34. The molecule has 0 aromatic heterocycles. The smallest absolute Gasteiger partial charge is 0.254 e. The fraction of sp³-hybridized carbons (Fsp3) is 0.353. The van der Waals surface area contributed by atoms with Gasteiger partial charge in [0.1, 0.15) is 0 Å². The van der Waals surface area contributed by atoms with Crippen LogP contribution in [0, 0.1) is 0 Å². The highest BCUT2D eigenvalue weighted by atomic mass is 16.5. The van der Waals surface area contributed by atoms with Crippen LogP contribution in [0.5, 0.6) is 28.7 Å². The van der Waals surface area contributed by atoms with Gasteiger partial charge in [-0.3, -0.25) is 9.59 Å². The van der Waals surface area contributed by atoms with E-state index < -0.39 is 0 Å². The zero-order chi connectivity index (χ0) is 30.8. The van der Waals surface area contributed by atoms with Crippen molar-refractivity contribution in [3.8, 4) is 39.9 Å². The van der Waals surface area contributed by atoms with Crippen molar-refractivity contribution >= 4 is 17.9 Å². The highest BCUT2D eigenvalue weighted by molar-refractivity contribution is 5.96. The second-order valence-electron chi connectivity index (χ2n) is 10.1. The maximum absolute atomic E-state index is 13.2. The minimum Gasteiger partial charge on any atom is -0.493 e. The van der Waals surface area contributed by atoms with Gasteiger partial charge in [0.2, 0.25) is 11.7 Å². The standard InChI is InChI=1S/C34H40N2O7/c1-6-7-19-43-28-13-12-26(21-29(28)39-2)25-10-8-9-24(20-25)11-14-32(37)35-15-17-36(18-16-35)34(38)27-22-30(40-3)33(42-5)31(23-27)41-4/h8-14,20-23H,6-7,15-19H2,1-5H3. The van der Waals surface area contributed by atoms with Crippen LogP contribution in [0.4, 0.5) is 0 Å². The van der Waals surface area contributed by atoms with Crippen LogP contribution < -0.4 is 23.7 Å². The number of piperazine rings is 1. The number of ether oxygens (including phenoxy) is 5. The van der Waals surface area contributed by atoms with Crippen molar-refractivity contribution in [2.45, 2.75) is 19.8 Å². The summed E-state index contributed by atoms with van der Waals surface area (Å²) in [7, 11) is 6.18. The summed E-state index contributed by atoms with van der Waals surface area (Å²) in [6.07, 6.45) is 5.45. The van der Waals surface area contributed by atoms with Crippen molar-refractivity contribution in [3.63, 3.8) is 0 Å². The molecule has 0 spiro atoms. The topological polar surface area (TPSA) is 86.8 Å². The SMILES string of the molecule is CCCCOc1ccc(-c2cccc(C=CC(=O)N3CCN(C(=O)c4cc(OC)c(OC)c(OC)c4)CC3)c2)cc1OC. The predicted octanol–water partition coefficient (Wildman–Crippen LogP) is 5.56. The molecule has 1 saturated heterocycles. The molecule has 1 fully saturated rings. The van der Waals surface area contributed by atoms with Crippen LogP contribution in [0.15, 0.2) is 60.7 Å². The summed E-state index contributed by atoms with van der Waals surface area (Å²) in [5.74, 6) is 2.43. The van der Waals surface area contributed by atoms with E-state index >= 15 is 0 Å². The first-order valence-corrected chi connectivity index (χ1v) is 14.4. The molecule has 0 aliphatic carbocycles. The first kappa shape index (κ1) is 31.3. The highest BCUT2D eigenvalue weighted by Crippen LogP contribution is 2.38. The van der Waals surface area contributed by atoms with Gasteiger partial charge in [0, 0.05) is 37.8 Å². The molecular weight excluding hydrogens is 548 g/mol. The summed E-state index contributed by atoms with van der Waals surface area (Å²) in [5.41, 5.74) is 3.34. The van der Waals surface area contributed by atoms with E-state index in [0.29, 0.717) is 61.3 Å². The zero-order valence-electron chi connectivity index (χ0n) is 25.6. The monoisotopic (exact) mass is 588 g/mol. The summed E-state index contributed by atoms with van der Waals surface area (Å²) < 4.78 is 27.6. The molecule has 0 unspecified atom stereocenters. The summed E-state index contributed by atoms with van der Waals surface area (Å²) in [6, 6.07) is 17.2. The molecule has 0 radical (unpaired) electrons. The summed E-state index contributed by atoms with van der Waals surface area (Å²) in [6.45, 7) is 4.49. The molecule has 0 bridgehead atoms. The van der Waals surface area contributed by atoms with Crippen LogP contribution in [-0.4, -0.2) is 82.8 Å². The number of unbranched alkanes of at least 4 members (excludes halogenated alkanes) is 1. The fourth-order valence-corrected chi connectivity index (χ4v) is 4.90. The van der Waals surface area contributed by atoms with Gasteiger partial charge in [-0.25, -0.2) is 0 Å². The minimum atomic E-state index is -0.157. The molecule has 9 heteroatoms. The van der Waals surface area contributed by atoms with E-state index in [1.54, 1.807) is 35.1 Å². The number of benzene rings is 3. The van der Waals surface area contributed by atoms with Gasteiger partial charge < -0.3 is 33.5 Å². The summed E-state index contributed by atoms with van der Waals surface area (Å²) >= 11 is 0. The van der Waals surface area contributed by atoms with Gasteiger partial charge in [0.15, 0.2) is 23.0 Å². The molecule has 4 rings (SSSR count). The van der Waals surface area contributed by atoms with Crippen molar-refractivity contribution in [3.05, 3.63) is 71.8 Å². The Kier molecular flexibility index (Phi) is 10.9. The molecule has 1 aliphatic rings. The van der Waals surface area contributed by atoms with Crippen molar-refractivity contribution in [1.82, 2.24) is 9.80 Å². The Bertz CT molecular complexity index is 1420. The fourth-order valence-electron chi connectivity index (χ4n) is 4.90. The lowest BCUT2D eigenvalue weighted by molar-refractivity contribution is -0.127. The number of nitrogens with zero attached hydrogens (tertiary/aromatic N) is 2. The second-order valence-corrected chi connectivity index (χ2v) is 10.1. The Hall–Kier alpha value is -4.66. The Labute approximate surface area is 253 Å². The minimum absolute atomic E-state index is 0.0967. The number of methoxy groups -OCH3 is 4.